The van der Waals surface area contributed by atoms with Crippen LogP contribution in [0, 0.1) is 0 Å². The average molecular weight is 1580 g/mol. The van der Waals surface area contributed by atoms with Crippen LogP contribution < -0.4 is 9.80 Å². The molecule has 2 aromatic heterocycles. The molecular weight excluding hydrogens is 1500 g/mol. The summed E-state index contributed by atoms with van der Waals surface area (Å²) in [4.78, 5) is 4.84. The molecule has 0 saturated carbocycles. The first-order valence-electron chi connectivity index (χ1n) is 42.8. The summed E-state index contributed by atoms with van der Waals surface area (Å²) < 4.78 is 13.0. The van der Waals surface area contributed by atoms with E-state index < -0.39 is 10.8 Å². The molecule has 0 radical (unpaired) electrons. The van der Waals surface area contributed by atoms with Crippen molar-refractivity contribution in [1.29, 1.82) is 0 Å². The second-order valence-electron chi connectivity index (χ2n) is 32.7. The molecule has 4 heteroatoms. The van der Waals surface area contributed by atoms with E-state index in [4.69, 9.17) is 8.83 Å². The van der Waals surface area contributed by atoms with Crippen LogP contribution in [-0.2, 0) is 10.8 Å². The lowest BCUT2D eigenvalue weighted by molar-refractivity contribution is 0.669. The molecule has 19 aromatic carbocycles. The second kappa shape index (κ2) is 29.4. The molecule has 580 valence electrons. The van der Waals surface area contributed by atoms with Crippen LogP contribution >= 0.6 is 0 Å². The summed E-state index contributed by atoms with van der Waals surface area (Å²) >= 11 is 0. The minimum Gasteiger partial charge on any atom is -0.455 e. The van der Waals surface area contributed by atoms with Crippen LogP contribution in [0.5, 0.6) is 0 Å². The van der Waals surface area contributed by atoms with Crippen LogP contribution in [0.25, 0.3) is 146 Å². The molecule has 21 aromatic rings. The van der Waals surface area contributed by atoms with Gasteiger partial charge < -0.3 is 18.6 Å². The fourth-order valence-electron chi connectivity index (χ4n) is 20.9. The molecule has 4 aliphatic rings. The van der Waals surface area contributed by atoms with Gasteiger partial charge in [0.25, 0.3) is 0 Å². The molecule has 0 bridgehead atoms. The van der Waals surface area contributed by atoms with E-state index in [0.717, 1.165) is 106 Å². The van der Waals surface area contributed by atoms with Gasteiger partial charge in [-0.2, -0.15) is 0 Å². The van der Waals surface area contributed by atoms with E-state index in [1.165, 1.54) is 117 Å². The quantitative estimate of drug-likeness (QED) is 0.129. The van der Waals surface area contributed by atoms with Crippen molar-refractivity contribution in [3.05, 3.63) is 516 Å². The fourth-order valence-corrected chi connectivity index (χ4v) is 20.9. The van der Waals surface area contributed by atoms with E-state index in [0.29, 0.717) is 0 Å². The number of rotatable bonds is 11. The molecule has 2 spiro atoms. The van der Waals surface area contributed by atoms with Crippen molar-refractivity contribution in [3.63, 3.8) is 0 Å². The molecule has 2 heterocycles. The van der Waals surface area contributed by atoms with Gasteiger partial charge in [0.05, 0.1) is 22.2 Å². The third kappa shape index (κ3) is 11.3. The molecule has 4 nitrogen and oxygen atoms in total. The Morgan fingerprint density at radius 2 is 0.460 bits per heavy atom. The first-order valence-corrected chi connectivity index (χ1v) is 42.8. The lowest BCUT2D eigenvalue weighted by atomic mass is 9.66. The van der Waals surface area contributed by atoms with Gasteiger partial charge in [-0.25, -0.2) is 0 Å². The predicted octanol–water partition coefficient (Wildman–Crippen LogP) is 32.1. The van der Waals surface area contributed by atoms with Gasteiger partial charge >= 0.3 is 0 Å². The number of hydrogen-bond donors (Lipinski definition) is 0. The van der Waals surface area contributed by atoms with E-state index in [1.807, 2.05) is 24.3 Å². The lowest BCUT2D eigenvalue weighted by Crippen LogP contribution is -2.30. The summed E-state index contributed by atoms with van der Waals surface area (Å²) in [6.07, 6.45) is 9.18. The third-order valence-electron chi connectivity index (χ3n) is 26.3. The monoisotopic (exact) mass is 1580 g/mol. The Labute approximate surface area is 720 Å². The van der Waals surface area contributed by atoms with Crippen molar-refractivity contribution in [1.82, 2.24) is 0 Å². The van der Waals surface area contributed by atoms with E-state index >= 15 is 0 Å². The molecular formula is C120H78N2O2. The molecule has 0 N–H and O–H groups in total. The number of para-hydroxylation sites is 5. The molecule has 0 atom stereocenters. The molecule has 0 saturated heterocycles. The average Bonchev–Trinajstić information content (AvgIpc) is 1.52. The summed E-state index contributed by atoms with van der Waals surface area (Å²) in [5.74, 6) is 0. The highest BCUT2D eigenvalue weighted by Crippen LogP contribution is 2.64. The summed E-state index contributed by atoms with van der Waals surface area (Å²) in [5.41, 5.74) is 41.2. The fraction of sp³-hybridized carbons (Fsp3) is 0.0167. The van der Waals surface area contributed by atoms with Gasteiger partial charge in [-0.3, -0.25) is 0 Å². The van der Waals surface area contributed by atoms with Gasteiger partial charge in [0.1, 0.15) is 22.3 Å². The zero-order chi connectivity index (χ0) is 81.8. The maximum Gasteiger partial charge on any atom is 0.143 e. The van der Waals surface area contributed by atoms with Crippen molar-refractivity contribution in [2.45, 2.75) is 10.8 Å². The number of nitrogens with zero attached hydrogens (tertiary/aromatic N) is 2. The molecule has 0 unspecified atom stereocenters. The standard InChI is InChI=1S/C63H41NO.C57H37NO/c1-2-14-42(15-3-1)43-30-36-48(37-31-43)64(50-40-34-45(35-41-50)52-21-12-22-54-53-18-7-11-27-60(53)65-62(52)54)49-38-32-44(33-39-49)51-20-13-26-59-61(51)55-19-6-10-25-58(55)63(59)56-23-8-4-16-46(56)28-29-47-17-5-9-24-57(47)63;1-2-16-38(17-3-1)43-20-7-12-29-52(43)58(42-36-34-39(35-37-42)44-23-14-24-46-45-21-8-13-31-54(45)59-56(44)46)53-30-15-28-51-55(53)47-22-6-11-27-50(47)57(51)48-25-9-4-18-40(48)32-33-41-19-5-10-26-49(41)57/h1-41H;1-37H. The first-order chi connectivity index (χ1) is 61.5. The largest absolute Gasteiger partial charge is 0.455 e. The Bertz CT molecular complexity index is 7740. The van der Waals surface area contributed by atoms with Crippen LogP contribution in [0.2, 0.25) is 0 Å². The van der Waals surface area contributed by atoms with Crippen LogP contribution in [0.4, 0.5) is 34.1 Å². The van der Waals surface area contributed by atoms with E-state index in [2.05, 4.69) is 459 Å². The van der Waals surface area contributed by atoms with Gasteiger partial charge in [0.2, 0.25) is 0 Å². The normalized spacial score (nSPS) is 13.1. The van der Waals surface area contributed by atoms with Gasteiger partial charge in [-0.1, -0.05) is 400 Å². The summed E-state index contributed by atoms with van der Waals surface area (Å²) in [6, 6.07) is 163. The van der Waals surface area contributed by atoms with Gasteiger partial charge in [0, 0.05) is 66.5 Å². The third-order valence-corrected chi connectivity index (χ3v) is 26.3. The second-order valence-corrected chi connectivity index (χ2v) is 32.7. The van der Waals surface area contributed by atoms with E-state index in [-0.39, 0.29) is 0 Å². The maximum absolute atomic E-state index is 6.50. The smallest absolute Gasteiger partial charge is 0.143 e. The Morgan fingerprint density at radius 3 is 0.935 bits per heavy atom. The Morgan fingerprint density at radius 1 is 0.169 bits per heavy atom. The van der Waals surface area contributed by atoms with Crippen molar-refractivity contribution in [2.24, 2.45) is 0 Å². The summed E-state index contributed by atoms with van der Waals surface area (Å²) in [6.45, 7) is 0. The highest BCUT2D eigenvalue weighted by Gasteiger charge is 2.51. The summed E-state index contributed by atoms with van der Waals surface area (Å²) in [7, 11) is 0. The van der Waals surface area contributed by atoms with E-state index in [9.17, 15) is 0 Å². The minimum absolute atomic E-state index is 0.469. The van der Waals surface area contributed by atoms with Crippen LogP contribution in [0.3, 0.4) is 0 Å². The molecule has 0 amide bonds. The van der Waals surface area contributed by atoms with Crippen LogP contribution in [0.1, 0.15) is 66.8 Å². The molecule has 0 fully saturated rings. The lowest BCUT2D eigenvalue weighted by Gasteiger charge is -2.36. The molecule has 124 heavy (non-hydrogen) atoms. The van der Waals surface area contributed by atoms with Crippen molar-refractivity contribution in [2.75, 3.05) is 9.80 Å². The summed E-state index contributed by atoms with van der Waals surface area (Å²) in [5, 5.41) is 4.53. The van der Waals surface area contributed by atoms with Gasteiger partial charge in [-0.05, 0) is 195 Å². The number of fused-ring (bicyclic) bond motifs is 24. The molecule has 4 aliphatic carbocycles. The predicted molar refractivity (Wildman–Crippen MR) is 516 cm³/mol. The van der Waals surface area contributed by atoms with Gasteiger partial charge in [0.15, 0.2) is 0 Å². The first kappa shape index (κ1) is 71.9. The number of furan rings is 2. The number of hydrogen-bond acceptors (Lipinski definition) is 4. The Kier molecular flexibility index (Phi) is 17.0. The number of benzene rings is 19. The van der Waals surface area contributed by atoms with Crippen molar-refractivity contribution >= 4 is 102 Å². The van der Waals surface area contributed by atoms with Gasteiger partial charge in [-0.15, -0.1) is 0 Å². The zero-order valence-corrected chi connectivity index (χ0v) is 67.7. The van der Waals surface area contributed by atoms with Crippen LogP contribution in [-0.4, -0.2) is 0 Å². The molecule has 25 rings (SSSR count). The van der Waals surface area contributed by atoms with Crippen molar-refractivity contribution in [3.8, 4) is 77.9 Å². The topological polar surface area (TPSA) is 32.8 Å². The Hall–Kier alpha value is -16.1. The molecule has 0 aliphatic heterocycles. The minimum atomic E-state index is -0.529. The highest BCUT2D eigenvalue weighted by atomic mass is 16.3. The maximum atomic E-state index is 6.50. The SMILES string of the molecule is C1=Cc2ccccc2C2(c3ccccc31)c1ccccc1-c1c(-c3ccc(N(c4ccc(-c5ccccc5)cc4)c4ccc(-c5cccc6c5oc5ccccc56)cc4)cc3)cccc12.C1=Cc2ccccc2C2(c3ccccc31)c1ccccc1-c1c(N(c3ccc(-c4cccc5c4oc4ccccc45)cc3)c3ccccc3-c3ccccc3)cccc12. The van der Waals surface area contributed by atoms with Crippen molar-refractivity contribution < 1.29 is 8.83 Å². The highest BCUT2D eigenvalue weighted by molar-refractivity contribution is 6.12. The van der Waals surface area contributed by atoms with E-state index in [1.54, 1.807) is 0 Å². The van der Waals surface area contributed by atoms with Crippen LogP contribution in [0.15, 0.2) is 458 Å². The Balaban J connectivity index is 0.000000140. The number of anilines is 6. The zero-order valence-electron chi connectivity index (χ0n) is 67.7.